The van der Waals surface area contributed by atoms with Crippen LogP contribution >= 0.6 is 0 Å². The highest BCUT2D eigenvalue weighted by Crippen LogP contribution is 2.25. The Labute approximate surface area is 139 Å². The standard InChI is InChI=1S/C19H17NO4/c1-2-17(19(21)22)23-14-8-10-15(11-9-14)24-18-12-7-13-5-3-4-6-16(13)20-18/h3-12,17H,2H2,1H3,(H,21,22). The molecule has 0 bridgehead atoms. The zero-order valence-electron chi connectivity index (χ0n) is 13.2. The molecular formula is C19H17NO4. The average Bonchev–Trinajstić information content (AvgIpc) is 2.60. The van der Waals surface area contributed by atoms with Gasteiger partial charge in [0, 0.05) is 11.5 Å². The first-order valence-corrected chi connectivity index (χ1v) is 7.69. The Morgan fingerprint density at radius 2 is 1.75 bits per heavy atom. The Morgan fingerprint density at radius 3 is 2.46 bits per heavy atom. The molecule has 0 radical (unpaired) electrons. The van der Waals surface area contributed by atoms with Gasteiger partial charge in [-0.15, -0.1) is 0 Å². The molecule has 5 nitrogen and oxygen atoms in total. The van der Waals surface area contributed by atoms with E-state index in [4.69, 9.17) is 14.6 Å². The fourth-order valence-corrected chi connectivity index (χ4v) is 2.28. The van der Waals surface area contributed by atoms with E-state index in [-0.39, 0.29) is 0 Å². The van der Waals surface area contributed by atoms with E-state index in [1.807, 2.05) is 36.4 Å². The number of carboxylic acid groups (broad SMARTS) is 1. The van der Waals surface area contributed by atoms with Crippen LogP contribution in [0.5, 0.6) is 17.4 Å². The molecule has 1 atom stereocenters. The number of nitrogens with zero attached hydrogens (tertiary/aromatic N) is 1. The number of pyridine rings is 1. The lowest BCUT2D eigenvalue weighted by Gasteiger charge is -2.13. The van der Waals surface area contributed by atoms with Gasteiger partial charge in [0.25, 0.3) is 0 Å². The fraction of sp³-hybridized carbons (Fsp3) is 0.158. The molecule has 1 heterocycles. The third-order valence-corrected chi connectivity index (χ3v) is 3.54. The number of ether oxygens (including phenoxy) is 2. The smallest absolute Gasteiger partial charge is 0.344 e. The van der Waals surface area contributed by atoms with Crippen molar-refractivity contribution in [1.82, 2.24) is 4.98 Å². The first kappa shape index (κ1) is 15.8. The van der Waals surface area contributed by atoms with E-state index in [0.717, 1.165) is 10.9 Å². The summed E-state index contributed by atoms with van der Waals surface area (Å²) in [4.78, 5) is 15.4. The van der Waals surface area contributed by atoms with Gasteiger partial charge in [-0.2, -0.15) is 0 Å². The molecule has 1 aromatic heterocycles. The van der Waals surface area contributed by atoms with Gasteiger partial charge in [-0.1, -0.05) is 25.1 Å². The van der Waals surface area contributed by atoms with Crippen molar-refractivity contribution in [2.24, 2.45) is 0 Å². The highest BCUT2D eigenvalue weighted by atomic mass is 16.5. The van der Waals surface area contributed by atoms with Crippen LogP contribution in [-0.2, 0) is 4.79 Å². The molecule has 5 heteroatoms. The summed E-state index contributed by atoms with van der Waals surface area (Å²) in [6.45, 7) is 1.77. The summed E-state index contributed by atoms with van der Waals surface area (Å²) in [6, 6.07) is 18.4. The maximum Gasteiger partial charge on any atom is 0.344 e. The molecular weight excluding hydrogens is 306 g/mol. The minimum absolute atomic E-state index is 0.397. The van der Waals surface area contributed by atoms with Crippen LogP contribution in [-0.4, -0.2) is 22.2 Å². The molecule has 0 spiro atoms. The summed E-state index contributed by atoms with van der Waals surface area (Å²) < 4.78 is 11.2. The van der Waals surface area contributed by atoms with Gasteiger partial charge in [0.2, 0.25) is 5.88 Å². The first-order chi connectivity index (χ1) is 11.7. The van der Waals surface area contributed by atoms with Gasteiger partial charge in [0.05, 0.1) is 5.52 Å². The minimum Gasteiger partial charge on any atom is -0.479 e. The summed E-state index contributed by atoms with van der Waals surface area (Å²) in [6.07, 6.45) is -0.451. The van der Waals surface area contributed by atoms with Crippen molar-refractivity contribution < 1.29 is 19.4 Å². The van der Waals surface area contributed by atoms with Gasteiger partial charge in [0.1, 0.15) is 11.5 Å². The normalized spacial score (nSPS) is 11.9. The number of carboxylic acids is 1. The van der Waals surface area contributed by atoms with E-state index in [1.54, 1.807) is 31.2 Å². The number of para-hydroxylation sites is 1. The molecule has 0 fully saturated rings. The predicted octanol–water partition coefficient (Wildman–Crippen LogP) is 4.27. The van der Waals surface area contributed by atoms with E-state index in [9.17, 15) is 4.79 Å². The molecule has 0 aliphatic carbocycles. The highest BCUT2D eigenvalue weighted by Gasteiger charge is 2.16. The molecule has 0 saturated heterocycles. The second kappa shape index (κ2) is 7.00. The number of hydrogen-bond acceptors (Lipinski definition) is 4. The van der Waals surface area contributed by atoms with Crippen molar-refractivity contribution in [3.8, 4) is 17.4 Å². The van der Waals surface area contributed by atoms with Crippen LogP contribution in [0.25, 0.3) is 10.9 Å². The molecule has 0 amide bonds. The zero-order chi connectivity index (χ0) is 16.9. The SMILES string of the molecule is CCC(Oc1ccc(Oc2ccc3ccccc3n2)cc1)C(=O)O. The number of aliphatic carboxylic acids is 1. The minimum atomic E-state index is -0.974. The molecule has 0 saturated carbocycles. The lowest BCUT2D eigenvalue weighted by atomic mass is 10.2. The molecule has 3 aromatic rings. The van der Waals surface area contributed by atoms with Gasteiger partial charge in [0.15, 0.2) is 6.10 Å². The van der Waals surface area contributed by atoms with E-state index in [1.165, 1.54) is 0 Å². The Morgan fingerprint density at radius 1 is 1.04 bits per heavy atom. The molecule has 122 valence electrons. The largest absolute Gasteiger partial charge is 0.479 e. The molecule has 0 aliphatic heterocycles. The molecule has 2 aromatic carbocycles. The predicted molar refractivity (Wildman–Crippen MR) is 90.6 cm³/mol. The van der Waals surface area contributed by atoms with Crippen molar-refractivity contribution in [2.75, 3.05) is 0 Å². The van der Waals surface area contributed by atoms with Crippen molar-refractivity contribution in [3.63, 3.8) is 0 Å². The third-order valence-electron chi connectivity index (χ3n) is 3.54. The topological polar surface area (TPSA) is 68.7 Å². The van der Waals surface area contributed by atoms with E-state index < -0.39 is 12.1 Å². The number of benzene rings is 2. The molecule has 24 heavy (non-hydrogen) atoms. The van der Waals surface area contributed by atoms with E-state index >= 15 is 0 Å². The average molecular weight is 323 g/mol. The van der Waals surface area contributed by atoms with Crippen LogP contribution < -0.4 is 9.47 Å². The summed E-state index contributed by atoms with van der Waals surface area (Å²) in [5.74, 6) is 0.620. The van der Waals surface area contributed by atoms with Gasteiger partial charge < -0.3 is 14.6 Å². The molecule has 3 rings (SSSR count). The molecule has 0 aliphatic rings. The van der Waals surface area contributed by atoms with Gasteiger partial charge in [-0.25, -0.2) is 9.78 Å². The highest BCUT2D eigenvalue weighted by molar-refractivity contribution is 5.78. The Balaban J connectivity index is 1.72. The van der Waals surface area contributed by atoms with Crippen LogP contribution in [0.2, 0.25) is 0 Å². The van der Waals surface area contributed by atoms with Crippen molar-refractivity contribution in [2.45, 2.75) is 19.4 Å². The van der Waals surface area contributed by atoms with E-state index in [0.29, 0.717) is 23.8 Å². The summed E-state index contributed by atoms with van der Waals surface area (Å²) in [5.41, 5.74) is 0.863. The van der Waals surface area contributed by atoms with Crippen LogP contribution in [0.3, 0.4) is 0 Å². The summed E-state index contributed by atoms with van der Waals surface area (Å²) in [5, 5.41) is 10.1. The Bertz CT molecular complexity index is 845. The van der Waals surface area contributed by atoms with Crippen LogP contribution in [0, 0.1) is 0 Å². The van der Waals surface area contributed by atoms with Gasteiger partial charge in [-0.3, -0.25) is 0 Å². The summed E-state index contributed by atoms with van der Waals surface area (Å²) >= 11 is 0. The van der Waals surface area contributed by atoms with Crippen LogP contribution in [0.15, 0.2) is 60.7 Å². The first-order valence-electron chi connectivity index (χ1n) is 7.69. The number of fused-ring (bicyclic) bond motifs is 1. The molecule has 1 unspecified atom stereocenters. The van der Waals surface area contributed by atoms with Crippen LogP contribution in [0.4, 0.5) is 0 Å². The van der Waals surface area contributed by atoms with Crippen molar-refractivity contribution in [3.05, 3.63) is 60.7 Å². The van der Waals surface area contributed by atoms with Gasteiger partial charge >= 0.3 is 5.97 Å². The van der Waals surface area contributed by atoms with Crippen molar-refractivity contribution in [1.29, 1.82) is 0 Å². The molecule has 1 N–H and O–H groups in total. The number of rotatable bonds is 6. The third kappa shape index (κ3) is 3.63. The zero-order valence-corrected chi connectivity index (χ0v) is 13.2. The second-order valence-electron chi connectivity index (χ2n) is 5.27. The van der Waals surface area contributed by atoms with Gasteiger partial charge in [-0.05, 0) is 42.8 Å². The van der Waals surface area contributed by atoms with E-state index in [2.05, 4.69) is 4.98 Å². The number of aromatic nitrogens is 1. The Kier molecular flexibility index (Phi) is 4.61. The quantitative estimate of drug-likeness (QED) is 0.733. The maximum atomic E-state index is 11.0. The number of carbonyl (C=O) groups is 1. The lowest BCUT2D eigenvalue weighted by molar-refractivity contribution is -0.145. The summed E-state index contributed by atoms with van der Waals surface area (Å²) in [7, 11) is 0. The second-order valence-corrected chi connectivity index (χ2v) is 5.27. The Hall–Kier alpha value is -3.08. The fourth-order valence-electron chi connectivity index (χ4n) is 2.28. The number of hydrogen-bond donors (Lipinski definition) is 1. The maximum absolute atomic E-state index is 11.0. The monoisotopic (exact) mass is 323 g/mol. The van der Waals surface area contributed by atoms with Crippen molar-refractivity contribution >= 4 is 16.9 Å². The van der Waals surface area contributed by atoms with Crippen LogP contribution in [0.1, 0.15) is 13.3 Å². The lowest BCUT2D eigenvalue weighted by Crippen LogP contribution is -2.25.